The third kappa shape index (κ3) is 6.44. The Morgan fingerprint density at radius 3 is 2.43 bits per heavy atom. The molecule has 0 N–H and O–H groups in total. The van der Waals surface area contributed by atoms with Gasteiger partial charge in [0.15, 0.2) is 0 Å². The summed E-state index contributed by atoms with van der Waals surface area (Å²) < 4.78 is 0. The molecule has 3 aromatic rings. The number of allylic oxidation sites excluding steroid dienone is 1. The van der Waals surface area contributed by atoms with Crippen molar-refractivity contribution in [1.82, 2.24) is 0 Å². The minimum Gasteiger partial charge on any atom is -1.00 e. The van der Waals surface area contributed by atoms with E-state index in [9.17, 15) is 0 Å². The fourth-order valence-electron chi connectivity index (χ4n) is 4.27. The average molecular weight is 595 g/mol. The molecule has 0 aliphatic heterocycles. The summed E-state index contributed by atoms with van der Waals surface area (Å²) in [6, 6.07) is 18.3. The molecule has 0 saturated heterocycles. The molecule has 0 amide bonds. The van der Waals surface area contributed by atoms with Crippen molar-refractivity contribution in [2.24, 2.45) is 0 Å². The Morgan fingerprint density at radius 2 is 1.70 bits per heavy atom. The van der Waals surface area contributed by atoms with E-state index in [4.69, 9.17) is 33.2 Å². The molecular weight excluding hydrogens is 573 g/mol. The predicted molar refractivity (Wildman–Crippen MR) is 123 cm³/mol. The smallest absolute Gasteiger partial charge is 1.00 e. The molecule has 0 bridgehead atoms. The van der Waals surface area contributed by atoms with Gasteiger partial charge in [-0.3, -0.25) is 0 Å². The van der Waals surface area contributed by atoms with Crippen molar-refractivity contribution in [2.75, 3.05) is 0 Å². The van der Waals surface area contributed by atoms with Crippen molar-refractivity contribution in [3.63, 3.8) is 0 Å². The van der Waals surface area contributed by atoms with Crippen LogP contribution in [-0.4, -0.2) is 6.00 Å². The SMILES string of the molecule is CC1=Cc2ccccc2C1c1cc2cccc(CCCC[Si](Cl)(Cl)Cl)c2[cH-]1.[Cl-].[Cl-].[Zr+3]. The summed E-state index contributed by atoms with van der Waals surface area (Å²) in [7, 11) is 0. The molecule has 7 heteroatoms. The summed E-state index contributed by atoms with van der Waals surface area (Å²) >= 11 is 18.0. The van der Waals surface area contributed by atoms with Crippen LogP contribution in [-0.2, 0) is 32.6 Å². The molecule has 1 aliphatic rings. The summed E-state index contributed by atoms with van der Waals surface area (Å²) in [5.74, 6) is 0.372. The van der Waals surface area contributed by atoms with Crippen molar-refractivity contribution in [3.8, 4) is 0 Å². The maximum absolute atomic E-state index is 6.01. The van der Waals surface area contributed by atoms with E-state index in [1.54, 1.807) is 0 Å². The van der Waals surface area contributed by atoms with Gasteiger partial charge in [-0.05, 0) is 24.1 Å². The van der Waals surface area contributed by atoms with E-state index in [0.717, 1.165) is 25.3 Å². The number of halogens is 5. The van der Waals surface area contributed by atoms with Gasteiger partial charge in [0.05, 0.1) is 0 Å². The third-order valence-electron chi connectivity index (χ3n) is 5.50. The number of benzene rings is 2. The second-order valence-corrected chi connectivity index (χ2v) is 16.8. The fraction of sp³-hybridized carbons (Fsp3) is 0.261. The van der Waals surface area contributed by atoms with Crippen molar-refractivity contribution in [1.29, 1.82) is 0 Å². The van der Waals surface area contributed by atoms with E-state index in [0.29, 0.717) is 5.92 Å². The number of unbranched alkanes of at least 4 members (excludes halogenated alkanes) is 1. The molecule has 0 heterocycles. The van der Waals surface area contributed by atoms with Gasteiger partial charge in [0.2, 0.25) is 0 Å². The van der Waals surface area contributed by atoms with Crippen molar-refractivity contribution >= 4 is 56.1 Å². The van der Waals surface area contributed by atoms with Crippen LogP contribution in [0.3, 0.4) is 0 Å². The molecule has 0 nitrogen and oxygen atoms in total. The Balaban J connectivity index is 0.00000150. The summed E-state index contributed by atoms with van der Waals surface area (Å²) in [6.45, 7) is 2.24. The Hall–Kier alpha value is 0.340. The quantitative estimate of drug-likeness (QED) is 0.178. The monoisotopic (exact) mass is 591 g/mol. The van der Waals surface area contributed by atoms with Gasteiger partial charge < -0.3 is 24.8 Å². The van der Waals surface area contributed by atoms with E-state index >= 15 is 0 Å². The van der Waals surface area contributed by atoms with Crippen LogP contribution >= 0.6 is 33.2 Å². The molecule has 0 fully saturated rings. The standard InChI is InChI=1S/C23H22Cl3Si.2ClH.Zr/c1-16-13-18-8-2-3-11-21(18)23(16)20-14-19-10-6-9-17(22(19)15-20)7-4-5-12-27(24,25)26;;;/h2-3,6,8-11,13-15,23H,4-5,7,12H2,1H3;2*1H;/q-1;;;+3/p-2. The Bertz CT molecular complexity index is 1010. The van der Waals surface area contributed by atoms with Gasteiger partial charge in [-0.25, -0.2) is 0 Å². The molecule has 1 radical (unpaired) electrons. The molecule has 1 atom stereocenters. The number of hydrogen-bond donors (Lipinski definition) is 0. The molecule has 30 heavy (non-hydrogen) atoms. The van der Waals surface area contributed by atoms with Gasteiger partial charge in [0.1, 0.15) is 0 Å². The zero-order chi connectivity index (χ0) is 19.0. The molecule has 0 aromatic heterocycles. The van der Waals surface area contributed by atoms with E-state index in [2.05, 4.69) is 67.6 Å². The van der Waals surface area contributed by atoms with Crippen LogP contribution in [0.5, 0.6) is 0 Å². The molecule has 1 aliphatic carbocycles. The summed E-state index contributed by atoms with van der Waals surface area (Å²) in [5.41, 5.74) is 6.98. The number of aryl methyl sites for hydroxylation is 1. The Morgan fingerprint density at radius 1 is 0.967 bits per heavy atom. The normalized spacial score (nSPS) is 14.9. The topological polar surface area (TPSA) is 0 Å². The largest absolute Gasteiger partial charge is 3.00 e. The first-order valence-corrected chi connectivity index (χ1v) is 14.7. The van der Waals surface area contributed by atoms with Gasteiger partial charge in [0.25, 0.3) is 0 Å². The molecular formula is C23H22Cl5SiZr. The fourth-order valence-corrected chi connectivity index (χ4v) is 6.12. The van der Waals surface area contributed by atoms with Gasteiger partial charge in [-0.1, -0.05) is 61.2 Å². The minimum atomic E-state index is -2.49. The second kappa shape index (κ2) is 12.0. The molecule has 0 saturated carbocycles. The third-order valence-corrected chi connectivity index (χ3v) is 8.12. The van der Waals surface area contributed by atoms with Crippen molar-refractivity contribution in [2.45, 2.75) is 38.1 Å². The molecule has 157 valence electrons. The summed E-state index contributed by atoms with van der Waals surface area (Å²) in [4.78, 5) is 0. The van der Waals surface area contributed by atoms with Crippen LogP contribution in [0.4, 0.5) is 0 Å². The van der Waals surface area contributed by atoms with Crippen LogP contribution in [0.2, 0.25) is 6.04 Å². The predicted octanol–water partition coefficient (Wildman–Crippen LogP) is 2.09. The van der Waals surface area contributed by atoms with Gasteiger partial charge in [-0.15, -0.1) is 73.3 Å². The average Bonchev–Trinajstić information content (AvgIpc) is 3.17. The maximum Gasteiger partial charge on any atom is 3.00 e. The molecule has 0 spiro atoms. The van der Waals surface area contributed by atoms with Crippen LogP contribution in [0, 0.1) is 0 Å². The van der Waals surface area contributed by atoms with Crippen LogP contribution in [0.25, 0.3) is 16.8 Å². The van der Waals surface area contributed by atoms with E-state index in [1.165, 1.54) is 38.6 Å². The first-order valence-electron chi connectivity index (χ1n) is 9.44. The van der Waals surface area contributed by atoms with Crippen molar-refractivity contribution < 1.29 is 51.0 Å². The minimum absolute atomic E-state index is 0. The first-order chi connectivity index (χ1) is 12.9. The zero-order valence-corrected chi connectivity index (χ0v) is 23.8. The molecule has 3 aromatic carbocycles. The molecule has 4 rings (SSSR count). The van der Waals surface area contributed by atoms with Gasteiger partial charge >= 0.3 is 32.2 Å². The first kappa shape index (κ1) is 28.4. The van der Waals surface area contributed by atoms with E-state index in [-0.39, 0.29) is 51.0 Å². The van der Waals surface area contributed by atoms with Gasteiger partial charge in [-0.2, -0.15) is 6.07 Å². The summed E-state index contributed by atoms with van der Waals surface area (Å²) in [6.07, 6.45) is 5.39. The summed E-state index contributed by atoms with van der Waals surface area (Å²) in [5, 5.41) is 2.70. The van der Waals surface area contributed by atoms with Crippen LogP contribution in [0.1, 0.15) is 47.9 Å². The van der Waals surface area contributed by atoms with E-state index in [1.807, 2.05) is 0 Å². The number of fused-ring (bicyclic) bond motifs is 2. The van der Waals surface area contributed by atoms with Crippen molar-refractivity contribution in [3.05, 3.63) is 82.4 Å². The van der Waals surface area contributed by atoms with E-state index < -0.39 is 6.00 Å². The Kier molecular flexibility index (Phi) is 11.3. The van der Waals surface area contributed by atoms with Gasteiger partial charge in [0, 0.05) is 5.92 Å². The molecule has 1 unspecified atom stereocenters. The Labute approximate surface area is 225 Å². The van der Waals surface area contributed by atoms with Crippen LogP contribution < -0.4 is 24.8 Å². The maximum atomic E-state index is 6.01. The zero-order valence-electron chi connectivity index (χ0n) is 16.6. The second-order valence-electron chi connectivity index (χ2n) is 7.48. The number of hydrogen-bond acceptors (Lipinski definition) is 0. The van der Waals surface area contributed by atoms with Crippen LogP contribution in [0.15, 0.2) is 60.2 Å². The number of rotatable bonds is 6.